The second-order valence-corrected chi connectivity index (χ2v) is 5.51. The standard InChI is InChI=1S/C13H25N2S/c1-4-15(10-11(2)3)13(16)14-12-8-6-5-7-9-12/h11-12H,1,4-10H2,2-3H3,(H,14,16). The molecule has 16 heavy (non-hydrogen) atoms. The molecule has 0 atom stereocenters. The van der Waals surface area contributed by atoms with Crippen LogP contribution in [-0.4, -0.2) is 29.1 Å². The van der Waals surface area contributed by atoms with Crippen molar-refractivity contribution in [3.05, 3.63) is 6.92 Å². The van der Waals surface area contributed by atoms with Gasteiger partial charge in [0, 0.05) is 19.1 Å². The predicted molar refractivity (Wildman–Crippen MR) is 74.4 cm³/mol. The highest BCUT2D eigenvalue weighted by Crippen LogP contribution is 2.17. The van der Waals surface area contributed by atoms with Crippen LogP contribution in [0.25, 0.3) is 0 Å². The monoisotopic (exact) mass is 241 g/mol. The fraction of sp³-hybridized carbons (Fsp3) is 0.846. The highest BCUT2D eigenvalue weighted by molar-refractivity contribution is 7.80. The summed E-state index contributed by atoms with van der Waals surface area (Å²) in [6.07, 6.45) is 6.61. The molecular formula is C13H25N2S. The van der Waals surface area contributed by atoms with E-state index in [2.05, 4.69) is 31.0 Å². The first-order valence-corrected chi connectivity index (χ1v) is 6.89. The van der Waals surface area contributed by atoms with E-state index in [1.165, 1.54) is 32.1 Å². The number of hydrogen-bond acceptors (Lipinski definition) is 1. The zero-order valence-electron chi connectivity index (χ0n) is 10.7. The summed E-state index contributed by atoms with van der Waals surface area (Å²) in [7, 11) is 0. The normalized spacial score (nSPS) is 17.5. The van der Waals surface area contributed by atoms with Crippen molar-refractivity contribution in [3.8, 4) is 0 Å². The molecule has 2 nitrogen and oxygen atoms in total. The van der Waals surface area contributed by atoms with E-state index in [4.69, 9.17) is 12.2 Å². The molecule has 1 saturated carbocycles. The van der Waals surface area contributed by atoms with Gasteiger partial charge in [-0.1, -0.05) is 33.1 Å². The van der Waals surface area contributed by atoms with Gasteiger partial charge in [-0.05, 0) is 37.9 Å². The third kappa shape index (κ3) is 4.69. The maximum atomic E-state index is 5.45. The Kier molecular flexibility index (Phi) is 6.10. The fourth-order valence-electron chi connectivity index (χ4n) is 2.23. The molecule has 0 aromatic rings. The molecule has 1 aliphatic rings. The minimum Gasteiger partial charge on any atom is -0.360 e. The molecule has 1 rings (SSSR count). The number of nitrogens with zero attached hydrogens (tertiary/aromatic N) is 1. The summed E-state index contributed by atoms with van der Waals surface area (Å²) >= 11 is 5.45. The van der Waals surface area contributed by atoms with Gasteiger partial charge >= 0.3 is 0 Å². The summed E-state index contributed by atoms with van der Waals surface area (Å²) in [6, 6.07) is 0.600. The SMILES string of the molecule is [CH2]CN(CC(C)C)C(=S)NC1CCCCC1. The summed E-state index contributed by atoms with van der Waals surface area (Å²) in [4.78, 5) is 2.18. The summed E-state index contributed by atoms with van der Waals surface area (Å²) < 4.78 is 0. The van der Waals surface area contributed by atoms with Crippen LogP contribution in [0.15, 0.2) is 0 Å². The molecule has 0 heterocycles. The van der Waals surface area contributed by atoms with Crippen molar-refractivity contribution in [1.29, 1.82) is 0 Å². The van der Waals surface area contributed by atoms with E-state index in [9.17, 15) is 0 Å². The van der Waals surface area contributed by atoms with Crippen LogP contribution in [0.2, 0.25) is 0 Å². The molecule has 0 aromatic heterocycles. The summed E-state index contributed by atoms with van der Waals surface area (Å²) in [6.45, 7) is 10.1. The lowest BCUT2D eigenvalue weighted by atomic mass is 9.96. The first-order valence-electron chi connectivity index (χ1n) is 6.48. The summed E-state index contributed by atoms with van der Waals surface area (Å²) in [5, 5.41) is 4.39. The van der Waals surface area contributed by atoms with Crippen LogP contribution >= 0.6 is 12.2 Å². The average molecular weight is 241 g/mol. The molecule has 1 N–H and O–H groups in total. The van der Waals surface area contributed by atoms with Crippen molar-refractivity contribution < 1.29 is 0 Å². The molecule has 0 aromatic carbocycles. The molecule has 0 amide bonds. The fourth-order valence-corrected chi connectivity index (χ4v) is 2.56. The molecule has 0 unspecified atom stereocenters. The Hall–Kier alpha value is -0.310. The maximum absolute atomic E-state index is 5.45. The largest absolute Gasteiger partial charge is 0.360 e. The van der Waals surface area contributed by atoms with Crippen LogP contribution in [-0.2, 0) is 0 Å². The average Bonchev–Trinajstić information content (AvgIpc) is 2.26. The quantitative estimate of drug-likeness (QED) is 0.762. The molecule has 0 aliphatic heterocycles. The number of thiocarbonyl (C=S) groups is 1. The molecule has 1 radical (unpaired) electrons. The molecule has 1 fully saturated rings. The van der Waals surface area contributed by atoms with Crippen molar-refractivity contribution >= 4 is 17.3 Å². The van der Waals surface area contributed by atoms with Gasteiger partial charge in [0.15, 0.2) is 5.11 Å². The lowest BCUT2D eigenvalue weighted by molar-refractivity contribution is 0.361. The van der Waals surface area contributed by atoms with Gasteiger partial charge in [0.25, 0.3) is 0 Å². The van der Waals surface area contributed by atoms with E-state index >= 15 is 0 Å². The lowest BCUT2D eigenvalue weighted by Gasteiger charge is -2.31. The first-order chi connectivity index (χ1) is 7.63. The molecule has 0 bridgehead atoms. The zero-order valence-corrected chi connectivity index (χ0v) is 11.5. The Morgan fingerprint density at radius 3 is 2.50 bits per heavy atom. The highest BCUT2D eigenvalue weighted by Gasteiger charge is 2.16. The minimum absolute atomic E-state index is 0.600. The van der Waals surface area contributed by atoms with Gasteiger partial charge in [-0.2, -0.15) is 0 Å². The topological polar surface area (TPSA) is 15.3 Å². The van der Waals surface area contributed by atoms with E-state index in [1.807, 2.05) is 0 Å². The van der Waals surface area contributed by atoms with Crippen LogP contribution in [0, 0.1) is 12.8 Å². The first kappa shape index (κ1) is 13.8. The van der Waals surface area contributed by atoms with Crippen LogP contribution in [0.3, 0.4) is 0 Å². The second-order valence-electron chi connectivity index (χ2n) is 5.12. The highest BCUT2D eigenvalue weighted by atomic mass is 32.1. The predicted octanol–water partition coefficient (Wildman–Crippen LogP) is 2.99. The van der Waals surface area contributed by atoms with Crippen LogP contribution in [0.4, 0.5) is 0 Å². The molecule has 3 heteroatoms. The van der Waals surface area contributed by atoms with Gasteiger partial charge in [-0.15, -0.1) is 0 Å². The maximum Gasteiger partial charge on any atom is 0.169 e. The van der Waals surface area contributed by atoms with Crippen molar-refractivity contribution in [2.75, 3.05) is 13.1 Å². The zero-order chi connectivity index (χ0) is 12.0. The lowest BCUT2D eigenvalue weighted by Crippen LogP contribution is -2.46. The summed E-state index contributed by atoms with van der Waals surface area (Å²) in [5.41, 5.74) is 0. The molecular weight excluding hydrogens is 216 g/mol. The van der Waals surface area contributed by atoms with Crippen LogP contribution in [0.5, 0.6) is 0 Å². The van der Waals surface area contributed by atoms with Gasteiger partial charge in [0.1, 0.15) is 0 Å². The van der Waals surface area contributed by atoms with E-state index in [0.29, 0.717) is 12.0 Å². The molecule has 1 aliphatic carbocycles. The molecule has 0 spiro atoms. The van der Waals surface area contributed by atoms with Gasteiger partial charge in [-0.25, -0.2) is 0 Å². The van der Waals surface area contributed by atoms with E-state index in [0.717, 1.165) is 18.2 Å². The number of rotatable bonds is 4. The Bertz CT molecular complexity index is 210. The van der Waals surface area contributed by atoms with Gasteiger partial charge < -0.3 is 10.2 Å². The third-order valence-electron chi connectivity index (χ3n) is 3.08. The van der Waals surface area contributed by atoms with Crippen molar-refractivity contribution in [2.45, 2.75) is 52.0 Å². The smallest absolute Gasteiger partial charge is 0.169 e. The van der Waals surface area contributed by atoms with E-state index < -0.39 is 0 Å². The van der Waals surface area contributed by atoms with E-state index in [-0.39, 0.29) is 0 Å². The number of hydrogen-bond donors (Lipinski definition) is 1. The van der Waals surface area contributed by atoms with Crippen molar-refractivity contribution in [3.63, 3.8) is 0 Å². The Morgan fingerprint density at radius 2 is 2.00 bits per heavy atom. The Balaban J connectivity index is 2.35. The van der Waals surface area contributed by atoms with Crippen molar-refractivity contribution in [2.24, 2.45) is 5.92 Å². The molecule has 0 saturated heterocycles. The third-order valence-corrected chi connectivity index (χ3v) is 3.45. The van der Waals surface area contributed by atoms with Gasteiger partial charge in [-0.3, -0.25) is 0 Å². The Morgan fingerprint density at radius 1 is 1.38 bits per heavy atom. The second kappa shape index (κ2) is 7.10. The van der Waals surface area contributed by atoms with Crippen molar-refractivity contribution in [1.82, 2.24) is 10.2 Å². The van der Waals surface area contributed by atoms with Gasteiger partial charge in [0.05, 0.1) is 0 Å². The molecule has 93 valence electrons. The van der Waals surface area contributed by atoms with Gasteiger partial charge in [0.2, 0.25) is 0 Å². The van der Waals surface area contributed by atoms with Crippen LogP contribution in [0.1, 0.15) is 46.0 Å². The van der Waals surface area contributed by atoms with E-state index in [1.54, 1.807) is 0 Å². The Labute approximate surface area is 106 Å². The minimum atomic E-state index is 0.600. The summed E-state index contributed by atoms with van der Waals surface area (Å²) in [5.74, 6) is 0.632. The van der Waals surface area contributed by atoms with Crippen LogP contribution < -0.4 is 5.32 Å². The number of nitrogens with one attached hydrogen (secondary N) is 1.